The number of halogens is 1. The number of benzene rings is 1. The second kappa shape index (κ2) is 11.5. The highest BCUT2D eigenvalue weighted by Crippen LogP contribution is 2.15. The van der Waals surface area contributed by atoms with Gasteiger partial charge in [0.1, 0.15) is 0 Å². The SMILES string of the molecule is CN=C(NCCCc1ccc(C(C)C)cc1)NCc1scnc1C.I. The van der Waals surface area contributed by atoms with Crippen LogP contribution in [0.15, 0.2) is 34.8 Å². The monoisotopic (exact) mass is 472 g/mol. The van der Waals surface area contributed by atoms with Gasteiger partial charge in [0.2, 0.25) is 0 Å². The molecule has 0 aliphatic carbocycles. The van der Waals surface area contributed by atoms with E-state index < -0.39 is 0 Å². The molecular weight excluding hydrogens is 443 g/mol. The normalized spacial score (nSPS) is 11.3. The maximum atomic E-state index is 4.27. The predicted molar refractivity (Wildman–Crippen MR) is 119 cm³/mol. The van der Waals surface area contributed by atoms with E-state index in [9.17, 15) is 0 Å². The molecule has 6 heteroatoms. The summed E-state index contributed by atoms with van der Waals surface area (Å²) in [7, 11) is 1.81. The number of thiazole rings is 1. The number of aliphatic imine (C=N–C) groups is 1. The average molecular weight is 472 g/mol. The van der Waals surface area contributed by atoms with Crippen LogP contribution in [0.2, 0.25) is 0 Å². The van der Waals surface area contributed by atoms with Crippen LogP contribution in [0.1, 0.15) is 47.9 Å². The first kappa shape index (κ1) is 21.9. The van der Waals surface area contributed by atoms with Crippen molar-refractivity contribution < 1.29 is 0 Å². The number of rotatable bonds is 7. The van der Waals surface area contributed by atoms with Gasteiger partial charge in [0, 0.05) is 18.5 Å². The van der Waals surface area contributed by atoms with Crippen molar-refractivity contribution in [2.75, 3.05) is 13.6 Å². The molecule has 0 fully saturated rings. The quantitative estimate of drug-likeness (QED) is 0.270. The lowest BCUT2D eigenvalue weighted by Gasteiger charge is -2.11. The predicted octanol–water partition coefficient (Wildman–Crippen LogP) is 4.49. The number of hydrogen-bond donors (Lipinski definition) is 2. The lowest BCUT2D eigenvalue weighted by molar-refractivity contribution is 0.742. The fourth-order valence-corrected chi connectivity index (χ4v) is 3.17. The van der Waals surface area contributed by atoms with Gasteiger partial charge in [-0.2, -0.15) is 0 Å². The van der Waals surface area contributed by atoms with E-state index in [0.29, 0.717) is 5.92 Å². The highest BCUT2D eigenvalue weighted by Gasteiger charge is 2.03. The highest BCUT2D eigenvalue weighted by molar-refractivity contribution is 14.0. The van der Waals surface area contributed by atoms with E-state index >= 15 is 0 Å². The van der Waals surface area contributed by atoms with Crippen LogP contribution in [-0.4, -0.2) is 24.5 Å². The van der Waals surface area contributed by atoms with Gasteiger partial charge in [-0.05, 0) is 36.8 Å². The highest BCUT2D eigenvalue weighted by atomic mass is 127. The van der Waals surface area contributed by atoms with E-state index in [4.69, 9.17) is 0 Å². The minimum atomic E-state index is 0. The summed E-state index contributed by atoms with van der Waals surface area (Å²) >= 11 is 1.67. The topological polar surface area (TPSA) is 49.3 Å². The third kappa shape index (κ3) is 7.32. The van der Waals surface area contributed by atoms with Crippen molar-refractivity contribution in [3.63, 3.8) is 0 Å². The molecule has 1 heterocycles. The summed E-state index contributed by atoms with van der Waals surface area (Å²) in [5.41, 5.74) is 5.77. The van der Waals surface area contributed by atoms with E-state index in [0.717, 1.165) is 37.6 Å². The van der Waals surface area contributed by atoms with E-state index in [1.807, 2.05) is 12.4 Å². The lowest BCUT2D eigenvalue weighted by atomic mass is 10.0. The molecule has 0 bridgehead atoms. The molecule has 0 unspecified atom stereocenters. The lowest BCUT2D eigenvalue weighted by Crippen LogP contribution is -2.37. The molecule has 0 aliphatic rings. The molecule has 0 atom stereocenters. The fraction of sp³-hybridized carbons (Fsp3) is 0.474. The molecule has 2 rings (SSSR count). The Morgan fingerprint density at radius 1 is 1.20 bits per heavy atom. The molecule has 0 amide bonds. The van der Waals surface area contributed by atoms with Crippen molar-refractivity contribution in [2.45, 2.75) is 46.1 Å². The van der Waals surface area contributed by atoms with Gasteiger partial charge in [-0.15, -0.1) is 35.3 Å². The summed E-state index contributed by atoms with van der Waals surface area (Å²) in [4.78, 5) is 9.79. The van der Waals surface area contributed by atoms with Crippen molar-refractivity contribution in [2.24, 2.45) is 4.99 Å². The van der Waals surface area contributed by atoms with Crippen molar-refractivity contribution >= 4 is 41.3 Å². The molecule has 0 spiro atoms. The van der Waals surface area contributed by atoms with E-state index in [1.165, 1.54) is 16.0 Å². The standard InChI is InChI=1S/C19H28N4S.HI/c1-14(2)17-9-7-16(8-10-17)6-5-11-21-19(20-4)22-12-18-15(3)23-13-24-18;/h7-10,13-14H,5-6,11-12H2,1-4H3,(H2,20,21,22);1H. The minimum absolute atomic E-state index is 0. The summed E-state index contributed by atoms with van der Waals surface area (Å²) in [5, 5.41) is 6.71. The van der Waals surface area contributed by atoms with Gasteiger partial charge in [0.15, 0.2) is 5.96 Å². The Balaban J connectivity index is 0.00000312. The van der Waals surface area contributed by atoms with Crippen LogP contribution in [0, 0.1) is 6.92 Å². The van der Waals surface area contributed by atoms with Crippen molar-refractivity contribution in [3.05, 3.63) is 51.5 Å². The Bertz CT molecular complexity index is 650. The zero-order chi connectivity index (χ0) is 17.4. The molecule has 1 aromatic heterocycles. The Hall–Kier alpha value is -1.15. The van der Waals surface area contributed by atoms with Gasteiger partial charge in [0.05, 0.1) is 17.7 Å². The number of nitrogens with one attached hydrogen (secondary N) is 2. The smallest absolute Gasteiger partial charge is 0.191 e. The molecule has 25 heavy (non-hydrogen) atoms. The minimum Gasteiger partial charge on any atom is -0.356 e. The van der Waals surface area contributed by atoms with Crippen molar-refractivity contribution in [1.82, 2.24) is 15.6 Å². The van der Waals surface area contributed by atoms with Crippen LogP contribution in [0.25, 0.3) is 0 Å². The number of guanidine groups is 1. The summed E-state index contributed by atoms with van der Waals surface area (Å²) in [6.45, 7) is 8.17. The number of nitrogens with zero attached hydrogens (tertiary/aromatic N) is 2. The largest absolute Gasteiger partial charge is 0.356 e. The molecule has 4 nitrogen and oxygen atoms in total. The summed E-state index contributed by atoms with van der Waals surface area (Å²) in [5.74, 6) is 1.44. The molecule has 0 saturated carbocycles. The second-order valence-electron chi connectivity index (χ2n) is 6.21. The number of hydrogen-bond acceptors (Lipinski definition) is 3. The molecule has 0 radical (unpaired) electrons. The molecule has 2 aromatic rings. The van der Waals surface area contributed by atoms with Crippen LogP contribution in [0.5, 0.6) is 0 Å². The van der Waals surface area contributed by atoms with Crippen LogP contribution in [0.3, 0.4) is 0 Å². The Labute approximate surface area is 172 Å². The fourth-order valence-electron chi connectivity index (χ4n) is 2.45. The first-order chi connectivity index (χ1) is 11.6. The summed E-state index contributed by atoms with van der Waals surface area (Å²) in [6, 6.07) is 8.97. The summed E-state index contributed by atoms with van der Waals surface area (Å²) < 4.78 is 0. The molecular formula is C19H29IN4S. The van der Waals surface area contributed by atoms with Gasteiger partial charge in [-0.1, -0.05) is 38.1 Å². The van der Waals surface area contributed by atoms with Gasteiger partial charge < -0.3 is 10.6 Å². The maximum Gasteiger partial charge on any atom is 0.191 e. The average Bonchev–Trinajstić information content (AvgIpc) is 2.99. The number of aryl methyl sites for hydroxylation is 2. The zero-order valence-corrected chi connectivity index (χ0v) is 18.7. The summed E-state index contributed by atoms with van der Waals surface area (Å²) in [6.07, 6.45) is 2.16. The van der Waals surface area contributed by atoms with Crippen molar-refractivity contribution in [3.8, 4) is 0 Å². The van der Waals surface area contributed by atoms with Crippen LogP contribution in [-0.2, 0) is 13.0 Å². The Kier molecular flexibility index (Phi) is 10.0. The molecule has 2 N–H and O–H groups in total. The van der Waals surface area contributed by atoms with Gasteiger partial charge in [-0.25, -0.2) is 4.98 Å². The molecule has 138 valence electrons. The van der Waals surface area contributed by atoms with Crippen LogP contribution < -0.4 is 10.6 Å². The third-order valence-corrected chi connectivity index (χ3v) is 5.00. The number of aromatic nitrogens is 1. The first-order valence-electron chi connectivity index (χ1n) is 8.52. The molecule has 1 aromatic carbocycles. The third-order valence-electron chi connectivity index (χ3n) is 4.07. The molecule has 0 aliphatic heterocycles. The first-order valence-corrected chi connectivity index (χ1v) is 9.40. The van der Waals surface area contributed by atoms with Gasteiger partial charge in [-0.3, -0.25) is 4.99 Å². The molecule has 0 saturated heterocycles. The Morgan fingerprint density at radius 3 is 2.48 bits per heavy atom. The van der Waals surface area contributed by atoms with E-state index in [-0.39, 0.29) is 24.0 Å². The van der Waals surface area contributed by atoms with Crippen molar-refractivity contribution in [1.29, 1.82) is 0 Å². The van der Waals surface area contributed by atoms with Gasteiger partial charge in [0.25, 0.3) is 0 Å². The second-order valence-corrected chi connectivity index (χ2v) is 7.15. The van der Waals surface area contributed by atoms with Gasteiger partial charge >= 0.3 is 0 Å². The van der Waals surface area contributed by atoms with Crippen LogP contribution >= 0.6 is 35.3 Å². The zero-order valence-electron chi connectivity index (χ0n) is 15.5. The van der Waals surface area contributed by atoms with E-state index in [1.54, 1.807) is 18.4 Å². The van der Waals surface area contributed by atoms with E-state index in [2.05, 4.69) is 58.7 Å². The Morgan fingerprint density at radius 2 is 1.92 bits per heavy atom. The maximum absolute atomic E-state index is 4.27. The van der Waals surface area contributed by atoms with Crippen LogP contribution in [0.4, 0.5) is 0 Å².